The number of nitrogens with two attached hydrogens (primary N) is 1. The van der Waals surface area contributed by atoms with E-state index in [2.05, 4.69) is 15.9 Å². The van der Waals surface area contributed by atoms with Gasteiger partial charge in [0.25, 0.3) is 0 Å². The Labute approximate surface area is 86.0 Å². The van der Waals surface area contributed by atoms with Gasteiger partial charge in [0.1, 0.15) is 5.82 Å². The number of hydrogen-bond donors (Lipinski definition) is 1. The highest BCUT2D eigenvalue weighted by Crippen LogP contribution is 2.30. The zero-order chi connectivity index (χ0) is 11.0. The van der Waals surface area contributed by atoms with Gasteiger partial charge in [0.05, 0.1) is 4.47 Å². The lowest BCUT2D eigenvalue weighted by Crippen LogP contribution is -2.13. The average molecular weight is 272 g/mol. The summed E-state index contributed by atoms with van der Waals surface area (Å²) in [6, 6.07) is -1.05. The maximum absolute atomic E-state index is 13.2. The second-order valence-corrected chi connectivity index (χ2v) is 3.57. The molecule has 14 heavy (non-hydrogen) atoms. The maximum atomic E-state index is 13.2. The first-order valence-corrected chi connectivity index (χ1v) is 4.44. The van der Waals surface area contributed by atoms with Crippen molar-refractivity contribution in [1.29, 1.82) is 0 Å². The van der Waals surface area contributed by atoms with E-state index in [0.717, 1.165) is 0 Å². The molecule has 1 atom stereocenters. The Morgan fingerprint density at radius 2 is 1.50 bits per heavy atom. The van der Waals surface area contributed by atoms with Crippen molar-refractivity contribution in [2.45, 2.75) is 13.0 Å². The maximum Gasteiger partial charge on any atom is 0.196 e. The monoisotopic (exact) mass is 271 g/mol. The Bertz CT molecular complexity index is 349. The summed E-state index contributed by atoms with van der Waals surface area (Å²) < 4.78 is 51.0. The van der Waals surface area contributed by atoms with Crippen LogP contribution in [0.25, 0.3) is 0 Å². The molecule has 0 spiro atoms. The molecule has 0 bridgehead atoms. The van der Waals surface area contributed by atoms with Gasteiger partial charge in [0.15, 0.2) is 17.5 Å². The van der Waals surface area contributed by atoms with E-state index in [-0.39, 0.29) is 0 Å². The van der Waals surface area contributed by atoms with E-state index in [4.69, 9.17) is 5.73 Å². The summed E-state index contributed by atoms with van der Waals surface area (Å²) in [6.45, 7) is 1.27. The predicted octanol–water partition coefficient (Wildman–Crippen LogP) is 3.03. The van der Waals surface area contributed by atoms with Crippen molar-refractivity contribution in [2.75, 3.05) is 0 Å². The second-order valence-electron chi connectivity index (χ2n) is 2.77. The molecule has 0 saturated carbocycles. The van der Waals surface area contributed by atoms with Crippen molar-refractivity contribution in [1.82, 2.24) is 0 Å². The van der Waals surface area contributed by atoms with Gasteiger partial charge in [-0.2, -0.15) is 0 Å². The molecule has 1 rings (SSSR count). The van der Waals surface area contributed by atoms with Crippen LogP contribution in [-0.2, 0) is 0 Å². The van der Waals surface area contributed by atoms with Gasteiger partial charge in [-0.1, -0.05) is 0 Å². The third-order valence-corrected chi connectivity index (χ3v) is 2.40. The molecule has 6 heteroatoms. The predicted molar refractivity (Wildman–Crippen MR) is 46.6 cm³/mol. The van der Waals surface area contributed by atoms with Crippen molar-refractivity contribution in [2.24, 2.45) is 5.73 Å². The molecule has 0 radical (unpaired) electrons. The van der Waals surface area contributed by atoms with E-state index < -0.39 is 39.3 Å². The van der Waals surface area contributed by atoms with Crippen molar-refractivity contribution in [3.63, 3.8) is 0 Å². The van der Waals surface area contributed by atoms with Crippen LogP contribution in [0.4, 0.5) is 17.6 Å². The van der Waals surface area contributed by atoms with Crippen molar-refractivity contribution in [3.05, 3.63) is 33.3 Å². The summed E-state index contributed by atoms with van der Waals surface area (Å²) in [5, 5.41) is 0. The molecule has 0 aliphatic heterocycles. The molecule has 0 heterocycles. The summed E-state index contributed by atoms with van der Waals surface area (Å²) in [5.74, 6) is -6.12. The van der Waals surface area contributed by atoms with Crippen LogP contribution in [-0.4, -0.2) is 0 Å². The lowest BCUT2D eigenvalue weighted by atomic mass is 10.1. The molecule has 0 aromatic heterocycles. The minimum absolute atomic E-state index is 0.671. The summed E-state index contributed by atoms with van der Waals surface area (Å²) in [5.41, 5.74) is 4.54. The quantitative estimate of drug-likeness (QED) is 0.474. The van der Waals surface area contributed by atoms with Gasteiger partial charge in [-0.25, -0.2) is 17.6 Å². The first-order valence-electron chi connectivity index (χ1n) is 3.64. The number of halogens is 5. The van der Waals surface area contributed by atoms with E-state index >= 15 is 0 Å². The second kappa shape index (κ2) is 3.86. The molecule has 0 aliphatic carbocycles. The van der Waals surface area contributed by atoms with Gasteiger partial charge < -0.3 is 5.73 Å². The lowest BCUT2D eigenvalue weighted by Gasteiger charge is -2.11. The summed E-state index contributed by atoms with van der Waals surface area (Å²) in [6.07, 6.45) is 0. The third kappa shape index (κ3) is 1.64. The average Bonchev–Trinajstić information content (AvgIpc) is 2.11. The van der Waals surface area contributed by atoms with Crippen LogP contribution >= 0.6 is 15.9 Å². The molecule has 0 unspecified atom stereocenters. The van der Waals surface area contributed by atoms with E-state index in [9.17, 15) is 17.6 Å². The number of benzene rings is 1. The minimum Gasteiger partial charge on any atom is -0.324 e. The smallest absolute Gasteiger partial charge is 0.196 e. The normalized spacial score (nSPS) is 13.1. The molecular weight excluding hydrogens is 266 g/mol. The molecule has 0 aliphatic rings. The van der Waals surface area contributed by atoms with Gasteiger partial charge in [-0.05, 0) is 22.9 Å². The largest absolute Gasteiger partial charge is 0.324 e. The molecule has 1 nitrogen and oxygen atoms in total. The fourth-order valence-electron chi connectivity index (χ4n) is 1.02. The van der Waals surface area contributed by atoms with Crippen LogP contribution in [0.15, 0.2) is 4.47 Å². The molecule has 1 aromatic rings. The standard InChI is InChI=1S/C8H6BrF4N/c1-2(14)3-5(10)4(9)7(12)8(13)6(3)11/h2H,14H2,1H3/t2-/m0/s1. The fraction of sp³-hybridized carbons (Fsp3) is 0.250. The third-order valence-electron chi connectivity index (χ3n) is 1.70. The Hall–Kier alpha value is -0.620. The van der Waals surface area contributed by atoms with E-state index in [1.165, 1.54) is 6.92 Å². The molecule has 0 amide bonds. The van der Waals surface area contributed by atoms with E-state index in [0.29, 0.717) is 0 Å². The zero-order valence-corrected chi connectivity index (χ0v) is 8.63. The Balaban J connectivity index is 3.60. The van der Waals surface area contributed by atoms with Crippen LogP contribution in [0, 0.1) is 23.3 Å². The highest BCUT2D eigenvalue weighted by Gasteiger charge is 2.25. The highest BCUT2D eigenvalue weighted by molar-refractivity contribution is 9.10. The Morgan fingerprint density at radius 1 is 1.00 bits per heavy atom. The summed E-state index contributed by atoms with van der Waals surface area (Å²) in [7, 11) is 0. The zero-order valence-electron chi connectivity index (χ0n) is 7.04. The van der Waals surface area contributed by atoms with Crippen LogP contribution in [0.5, 0.6) is 0 Å². The van der Waals surface area contributed by atoms with E-state index in [1.807, 2.05) is 0 Å². The van der Waals surface area contributed by atoms with Crippen molar-refractivity contribution >= 4 is 15.9 Å². The number of rotatable bonds is 1. The molecule has 0 saturated heterocycles. The van der Waals surface area contributed by atoms with E-state index in [1.54, 1.807) is 0 Å². The van der Waals surface area contributed by atoms with Crippen molar-refractivity contribution in [3.8, 4) is 0 Å². The Kier molecular flexibility index (Phi) is 3.16. The lowest BCUT2D eigenvalue weighted by molar-refractivity contribution is 0.414. The molecule has 2 N–H and O–H groups in total. The SMILES string of the molecule is C[C@H](N)c1c(F)c(F)c(F)c(Br)c1F. The number of hydrogen-bond acceptors (Lipinski definition) is 1. The minimum atomic E-state index is -1.73. The van der Waals surface area contributed by atoms with Crippen molar-refractivity contribution < 1.29 is 17.6 Å². The van der Waals surface area contributed by atoms with Crippen LogP contribution in [0.1, 0.15) is 18.5 Å². The van der Waals surface area contributed by atoms with Crippen LogP contribution < -0.4 is 5.73 Å². The molecule has 0 fully saturated rings. The van der Waals surface area contributed by atoms with Gasteiger partial charge >= 0.3 is 0 Å². The topological polar surface area (TPSA) is 26.0 Å². The highest BCUT2D eigenvalue weighted by atomic mass is 79.9. The van der Waals surface area contributed by atoms with Crippen LogP contribution in [0.2, 0.25) is 0 Å². The van der Waals surface area contributed by atoms with Gasteiger partial charge in [0.2, 0.25) is 0 Å². The molecule has 78 valence electrons. The fourth-order valence-corrected chi connectivity index (χ4v) is 1.41. The molecular formula is C8H6BrF4N. The Morgan fingerprint density at radius 3 is 1.93 bits per heavy atom. The van der Waals surface area contributed by atoms with Gasteiger partial charge in [-0.15, -0.1) is 0 Å². The summed E-state index contributed by atoms with van der Waals surface area (Å²) >= 11 is 2.47. The van der Waals surface area contributed by atoms with Gasteiger partial charge in [-0.3, -0.25) is 0 Å². The molecule has 1 aromatic carbocycles. The first kappa shape index (κ1) is 11.5. The summed E-state index contributed by atoms with van der Waals surface area (Å²) in [4.78, 5) is 0. The van der Waals surface area contributed by atoms with Crippen LogP contribution in [0.3, 0.4) is 0 Å². The van der Waals surface area contributed by atoms with Gasteiger partial charge in [0, 0.05) is 11.6 Å². The first-order chi connectivity index (χ1) is 6.37.